The third kappa shape index (κ3) is 3.88. The van der Waals surface area contributed by atoms with Gasteiger partial charge in [-0.15, -0.1) is 11.6 Å². The van der Waals surface area contributed by atoms with Gasteiger partial charge in [0.2, 0.25) is 5.91 Å². The van der Waals surface area contributed by atoms with Crippen LogP contribution in [0.5, 0.6) is 0 Å². The molecule has 2 fully saturated rings. The van der Waals surface area contributed by atoms with Gasteiger partial charge in [0, 0.05) is 12.4 Å². The minimum absolute atomic E-state index is 0.152. The second kappa shape index (κ2) is 7.12. The molecular weight excluding hydrogens is 298 g/mol. The number of alkyl halides is 1. The summed E-state index contributed by atoms with van der Waals surface area (Å²) in [7, 11) is -3.23. The van der Waals surface area contributed by atoms with Crippen LogP contribution in [-0.2, 0) is 14.6 Å². The fourth-order valence-corrected chi connectivity index (χ4v) is 5.58. The molecule has 1 saturated carbocycles. The zero-order valence-electron chi connectivity index (χ0n) is 11.8. The van der Waals surface area contributed by atoms with Crippen molar-refractivity contribution in [3.8, 4) is 0 Å². The Hall–Kier alpha value is -0.290. The molecule has 2 rings (SSSR count). The molecule has 2 aliphatic rings. The van der Waals surface area contributed by atoms with Crippen LogP contribution < -0.4 is 5.32 Å². The Labute approximate surface area is 126 Å². The Balaban J connectivity index is 1.88. The Bertz CT molecular complexity index is 438. The lowest BCUT2D eigenvalue weighted by Crippen LogP contribution is -2.45. The summed E-state index contributed by atoms with van der Waals surface area (Å²) >= 11 is 5.98. The Morgan fingerprint density at radius 3 is 2.35 bits per heavy atom. The molecule has 1 amide bonds. The number of hydrogen-bond donors (Lipinski definition) is 1. The van der Waals surface area contributed by atoms with Crippen LogP contribution >= 0.6 is 11.6 Å². The molecule has 4 nitrogen and oxygen atoms in total. The van der Waals surface area contributed by atoms with Crippen molar-refractivity contribution in [2.24, 2.45) is 11.8 Å². The summed E-state index contributed by atoms with van der Waals surface area (Å²) in [5, 5.41) is 2.04. The summed E-state index contributed by atoms with van der Waals surface area (Å²) in [5.41, 5.74) is 0. The van der Waals surface area contributed by atoms with E-state index < -0.39 is 15.1 Å². The van der Waals surface area contributed by atoms with Crippen molar-refractivity contribution < 1.29 is 13.2 Å². The molecule has 3 unspecified atom stereocenters. The lowest BCUT2D eigenvalue weighted by molar-refractivity contribution is -0.121. The molecule has 1 saturated heterocycles. The van der Waals surface area contributed by atoms with Gasteiger partial charge in [-0.25, -0.2) is 8.42 Å². The van der Waals surface area contributed by atoms with Crippen LogP contribution in [-0.4, -0.2) is 37.8 Å². The highest BCUT2D eigenvalue weighted by molar-refractivity contribution is 7.92. The van der Waals surface area contributed by atoms with Gasteiger partial charge in [0.1, 0.15) is 5.25 Å². The Morgan fingerprint density at radius 2 is 1.70 bits per heavy atom. The number of hydrogen-bond acceptors (Lipinski definition) is 3. The van der Waals surface area contributed by atoms with Gasteiger partial charge < -0.3 is 5.32 Å². The van der Waals surface area contributed by atoms with Crippen LogP contribution in [0.25, 0.3) is 0 Å². The van der Waals surface area contributed by atoms with E-state index in [0.717, 1.165) is 19.3 Å². The van der Waals surface area contributed by atoms with Gasteiger partial charge >= 0.3 is 0 Å². The van der Waals surface area contributed by atoms with E-state index in [1.54, 1.807) is 0 Å². The molecule has 0 bridgehead atoms. The van der Waals surface area contributed by atoms with E-state index >= 15 is 0 Å². The van der Waals surface area contributed by atoms with Crippen molar-refractivity contribution in [3.05, 3.63) is 0 Å². The molecule has 0 aromatic rings. The standard InChI is InChI=1S/C14H24ClNO3S/c15-9-11-5-1-2-6-12(11)10-16-14(17)13-7-3-4-8-20(13,18)19/h11-13H,1-10H2,(H,16,17). The first-order chi connectivity index (χ1) is 9.54. The van der Waals surface area contributed by atoms with E-state index in [1.165, 1.54) is 12.8 Å². The van der Waals surface area contributed by atoms with E-state index in [4.69, 9.17) is 11.6 Å². The SMILES string of the molecule is O=C(NCC1CCCCC1CCl)C1CCCCS1(=O)=O. The first kappa shape index (κ1) is 16.1. The molecule has 0 spiro atoms. The molecule has 0 radical (unpaired) electrons. The van der Waals surface area contributed by atoms with Crippen LogP contribution in [0.1, 0.15) is 44.9 Å². The van der Waals surface area contributed by atoms with Crippen molar-refractivity contribution in [2.75, 3.05) is 18.2 Å². The average Bonchev–Trinajstić information content (AvgIpc) is 2.44. The minimum atomic E-state index is -3.23. The van der Waals surface area contributed by atoms with Gasteiger partial charge in [-0.05, 0) is 37.5 Å². The lowest BCUT2D eigenvalue weighted by Gasteiger charge is -2.31. The molecule has 0 aromatic carbocycles. The van der Waals surface area contributed by atoms with E-state index in [1.807, 2.05) is 0 Å². The predicted molar refractivity (Wildman–Crippen MR) is 80.6 cm³/mol. The Kier molecular flexibility index (Phi) is 5.73. The number of rotatable bonds is 4. The third-order valence-electron chi connectivity index (χ3n) is 4.67. The van der Waals surface area contributed by atoms with Crippen LogP contribution in [0.3, 0.4) is 0 Å². The average molecular weight is 322 g/mol. The fraction of sp³-hybridized carbons (Fsp3) is 0.929. The third-order valence-corrected chi connectivity index (χ3v) is 7.25. The molecule has 1 aliphatic heterocycles. The summed E-state index contributed by atoms with van der Waals surface area (Å²) in [6.07, 6.45) is 6.56. The van der Waals surface area contributed by atoms with Gasteiger partial charge in [-0.2, -0.15) is 0 Å². The van der Waals surface area contributed by atoms with Gasteiger partial charge in [-0.3, -0.25) is 4.79 Å². The van der Waals surface area contributed by atoms with Crippen LogP contribution in [0, 0.1) is 11.8 Å². The molecule has 1 N–H and O–H groups in total. The second-order valence-electron chi connectivity index (χ2n) is 6.06. The summed E-state index contributed by atoms with van der Waals surface area (Å²) in [6.45, 7) is 0.572. The zero-order chi connectivity index (χ0) is 14.6. The van der Waals surface area contributed by atoms with Gasteiger partial charge in [0.15, 0.2) is 9.84 Å². The monoisotopic (exact) mass is 321 g/mol. The minimum Gasteiger partial charge on any atom is -0.355 e. The molecule has 20 heavy (non-hydrogen) atoms. The molecule has 3 atom stereocenters. The molecule has 0 aromatic heterocycles. The number of carbonyl (C=O) groups is 1. The maximum absolute atomic E-state index is 12.1. The van der Waals surface area contributed by atoms with Gasteiger partial charge in [0.25, 0.3) is 0 Å². The van der Waals surface area contributed by atoms with Crippen LogP contribution in [0.15, 0.2) is 0 Å². The maximum Gasteiger partial charge on any atom is 0.238 e. The topological polar surface area (TPSA) is 63.2 Å². The highest BCUT2D eigenvalue weighted by Crippen LogP contribution is 2.30. The largest absolute Gasteiger partial charge is 0.355 e. The predicted octanol–water partition coefficient (Wildman–Crippen LogP) is 2.12. The second-order valence-corrected chi connectivity index (χ2v) is 8.67. The van der Waals surface area contributed by atoms with Crippen LogP contribution in [0.2, 0.25) is 0 Å². The van der Waals surface area contributed by atoms with Gasteiger partial charge in [0.05, 0.1) is 5.75 Å². The highest BCUT2D eigenvalue weighted by Gasteiger charge is 2.35. The van der Waals surface area contributed by atoms with Crippen molar-refractivity contribution >= 4 is 27.3 Å². The number of carbonyl (C=O) groups excluding carboxylic acids is 1. The first-order valence-electron chi connectivity index (χ1n) is 7.60. The summed E-state index contributed by atoms with van der Waals surface area (Å²) in [6, 6.07) is 0. The number of amides is 1. The molecule has 1 aliphatic carbocycles. The van der Waals surface area contributed by atoms with Gasteiger partial charge in [-0.1, -0.05) is 19.3 Å². The van der Waals surface area contributed by atoms with Crippen molar-refractivity contribution in [3.63, 3.8) is 0 Å². The summed E-state index contributed by atoms with van der Waals surface area (Å²) in [4.78, 5) is 12.1. The number of nitrogens with one attached hydrogen (secondary N) is 1. The molecule has 1 heterocycles. The van der Waals surface area contributed by atoms with E-state index in [-0.39, 0.29) is 11.7 Å². The quantitative estimate of drug-likeness (QED) is 0.807. The molecule has 116 valence electrons. The van der Waals surface area contributed by atoms with Crippen molar-refractivity contribution in [1.82, 2.24) is 5.32 Å². The van der Waals surface area contributed by atoms with E-state index in [2.05, 4.69) is 5.32 Å². The zero-order valence-corrected chi connectivity index (χ0v) is 13.4. The smallest absolute Gasteiger partial charge is 0.238 e. The highest BCUT2D eigenvalue weighted by atomic mass is 35.5. The van der Waals surface area contributed by atoms with E-state index in [0.29, 0.717) is 37.1 Å². The summed E-state index contributed by atoms with van der Waals surface area (Å²) in [5.74, 6) is 1.33. The summed E-state index contributed by atoms with van der Waals surface area (Å²) < 4.78 is 23.8. The molecular formula is C14H24ClNO3S. The van der Waals surface area contributed by atoms with Crippen molar-refractivity contribution in [1.29, 1.82) is 0 Å². The Morgan fingerprint density at radius 1 is 1.05 bits per heavy atom. The maximum atomic E-state index is 12.1. The normalized spacial score (nSPS) is 33.5. The molecule has 6 heteroatoms. The van der Waals surface area contributed by atoms with Crippen LogP contribution in [0.4, 0.5) is 0 Å². The lowest BCUT2D eigenvalue weighted by atomic mass is 9.80. The number of halogens is 1. The fourth-order valence-electron chi connectivity index (χ4n) is 3.35. The number of sulfone groups is 1. The van der Waals surface area contributed by atoms with E-state index in [9.17, 15) is 13.2 Å². The van der Waals surface area contributed by atoms with Crippen molar-refractivity contribution in [2.45, 2.75) is 50.2 Å². The first-order valence-corrected chi connectivity index (χ1v) is 9.85.